The molecule has 6 heteroatoms. The number of carbonyl (C=O) groups is 1. The first-order valence-electron chi connectivity index (χ1n) is 6.78. The van der Waals surface area contributed by atoms with Crippen molar-refractivity contribution in [2.45, 2.75) is 30.7 Å². The Kier molecular flexibility index (Phi) is 3.01. The summed E-state index contributed by atoms with van der Waals surface area (Å²) in [6, 6.07) is 4.98. The van der Waals surface area contributed by atoms with Crippen LogP contribution in [-0.2, 0) is 14.6 Å². The van der Waals surface area contributed by atoms with Gasteiger partial charge in [-0.1, -0.05) is 13.0 Å². The van der Waals surface area contributed by atoms with E-state index < -0.39 is 9.84 Å². The summed E-state index contributed by atoms with van der Waals surface area (Å²) in [7, 11) is -3.36. The zero-order valence-corrected chi connectivity index (χ0v) is 12.4. The van der Waals surface area contributed by atoms with Crippen molar-refractivity contribution in [3.8, 4) is 0 Å². The van der Waals surface area contributed by atoms with Crippen molar-refractivity contribution in [1.29, 1.82) is 0 Å². The SMILES string of the molecule is CC1CCN2c3cccc(S(C)(=O)=O)c3NC(=O)C2C1. The van der Waals surface area contributed by atoms with Gasteiger partial charge in [0.1, 0.15) is 6.04 Å². The Morgan fingerprint density at radius 2 is 2.10 bits per heavy atom. The Hall–Kier alpha value is -1.56. The predicted octanol–water partition coefficient (Wildman–Crippen LogP) is 1.65. The number of hydrogen-bond donors (Lipinski definition) is 1. The van der Waals surface area contributed by atoms with Crippen LogP contribution in [0.25, 0.3) is 0 Å². The van der Waals surface area contributed by atoms with Crippen LogP contribution in [0.15, 0.2) is 23.1 Å². The summed E-state index contributed by atoms with van der Waals surface area (Å²) in [5.74, 6) is 0.418. The second-order valence-corrected chi connectivity index (χ2v) is 7.73. The molecular formula is C14H18N2O3S. The number of hydrogen-bond acceptors (Lipinski definition) is 4. The highest BCUT2D eigenvalue weighted by molar-refractivity contribution is 7.90. The molecule has 2 aliphatic rings. The van der Waals surface area contributed by atoms with Crippen molar-refractivity contribution in [2.75, 3.05) is 23.0 Å². The van der Waals surface area contributed by atoms with Crippen LogP contribution >= 0.6 is 0 Å². The Bertz CT molecular complexity index is 669. The first-order valence-corrected chi connectivity index (χ1v) is 8.67. The van der Waals surface area contributed by atoms with Crippen LogP contribution in [0, 0.1) is 5.92 Å². The quantitative estimate of drug-likeness (QED) is 0.855. The molecule has 1 fully saturated rings. The lowest BCUT2D eigenvalue weighted by Crippen LogP contribution is -2.52. The normalized spacial score (nSPS) is 25.7. The second kappa shape index (κ2) is 4.48. The maximum Gasteiger partial charge on any atom is 0.247 e. The fourth-order valence-corrected chi connectivity index (χ4v) is 3.93. The van der Waals surface area contributed by atoms with Crippen molar-refractivity contribution in [3.05, 3.63) is 18.2 Å². The van der Waals surface area contributed by atoms with Crippen LogP contribution in [0.1, 0.15) is 19.8 Å². The van der Waals surface area contributed by atoms with Gasteiger partial charge in [-0.15, -0.1) is 0 Å². The Balaban J connectivity index is 2.13. The van der Waals surface area contributed by atoms with Crippen molar-refractivity contribution in [1.82, 2.24) is 0 Å². The number of nitrogens with one attached hydrogen (secondary N) is 1. The number of amides is 1. The van der Waals surface area contributed by atoms with Gasteiger partial charge >= 0.3 is 0 Å². The number of nitrogens with zero attached hydrogens (tertiary/aromatic N) is 1. The lowest BCUT2D eigenvalue weighted by atomic mass is 9.90. The molecule has 2 heterocycles. The average molecular weight is 294 g/mol. The van der Waals surface area contributed by atoms with E-state index in [2.05, 4.69) is 12.2 Å². The third-order valence-corrected chi connectivity index (χ3v) is 5.27. The van der Waals surface area contributed by atoms with Gasteiger partial charge in [0, 0.05) is 12.8 Å². The minimum Gasteiger partial charge on any atom is -0.358 e. The molecule has 0 radical (unpaired) electrons. The molecule has 1 N–H and O–H groups in total. The minimum atomic E-state index is -3.36. The van der Waals surface area contributed by atoms with Crippen molar-refractivity contribution in [3.63, 3.8) is 0 Å². The van der Waals surface area contributed by atoms with Gasteiger partial charge in [0.15, 0.2) is 9.84 Å². The van der Waals surface area contributed by atoms with Crippen LogP contribution in [0.4, 0.5) is 11.4 Å². The van der Waals surface area contributed by atoms with Crippen LogP contribution in [-0.4, -0.2) is 33.2 Å². The van der Waals surface area contributed by atoms with Crippen LogP contribution < -0.4 is 10.2 Å². The Morgan fingerprint density at radius 1 is 1.35 bits per heavy atom. The van der Waals surface area contributed by atoms with E-state index in [1.165, 1.54) is 6.26 Å². The molecule has 5 nitrogen and oxygen atoms in total. The van der Waals surface area contributed by atoms with Gasteiger partial charge in [0.05, 0.1) is 16.3 Å². The first kappa shape index (κ1) is 13.4. The van der Waals surface area contributed by atoms with Gasteiger partial charge in [-0.2, -0.15) is 0 Å². The monoisotopic (exact) mass is 294 g/mol. The van der Waals surface area contributed by atoms with E-state index in [9.17, 15) is 13.2 Å². The second-order valence-electron chi connectivity index (χ2n) is 5.75. The summed E-state index contributed by atoms with van der Waals surface area (Å²) in [6.45, 7) is 2.94. The summed E-state index contributed by atoms with van der Waals surface area (Å²) in [6.07, 6.45) is 3.00. The van der Waals surface area contributed by atoms with Crippen LogP contribution in [0.3, 0.4) is 0 Å². The molecule has 108 valence electrons. The third-order valence-electron chi connectivity index (χ3n) is 4.13. The standard InChI is InChI=1S/C14H18N2O3S/c1-9-6-7-16-10-4-3-5-12(20(2,18)19)13(10)15-14(17)11(16)8-9/h3-5,9,11H,6-8H2,1-2H3,(H,15,17). The Morgan fingerprint density at radius 3 is 2.80 bits per heavy atom. The highest BCUT2D eigenvalue weighted by Crippen LogP contribution is 2.40. The lowest BCUT2D eigenvalue weighted by Gasteiger charge is -2.43. The van der Waals surface area contributed by atoms with E-state index in [0.29, 0.717) is 11.6 Å². The van der Waals surface area contributed by atoms with E-state index in [1.54, 1.807) is 12.1 Å². The molecule has 1 aromatic rings. The predicted molar refractivity (Wildman–Crippen MR) is 77.7 cm³/mol. The van der Waals surface area contributed by atoms with Crippen molar-refractivity contribution in [2.24, 2.45) is 5.92 Å². The topological polar surface area (TPSA) is 66.5 Å². The molecule has 2 unspecified atom stereocenters. The smallest absolute Gasteiger partial charge is 0.247 e. The van der Waals surface area contributed by atoms with E-state index in [0.717, 1.165) is 25.1 Å². The zero-order valence-electron chi connectivity index (χ0n) is 11.6. The van der Waals surface area contributed by atoms with E-state index >= 15 is 0 Å². The zero-order chi connectivity index (χ0) is 14.5. The lowest BCUT2D eigenvalue weighted by molar-refractivity contribution is -0.118. The number of anilines is 2. The molecule has 3 rings (SSSR count). The highest BCUT2D eigenvalue weighted by Gasteiger charge is 2.38. The third kappa shape index (κ3) is 2.08. The number of rotatable bonds is 1. The molecule has 1 amide bonds. The highest BCUT2D eigenvalue weighted by atomic mass is 32.2. The molecule has 2 aliphatic heterocycles. The van der Waals surface area contributed by atoms with E-state index in [1.807, 2.05) is 11.0 Å². The number of piperidine rings is 1. The maximum atomic E-state index is 12.3. The van der Waals surface area contributed by atoms with Gasteiger partial charge < -0.3 is 10.2 Å². The van der Waals surface area contributed by atoms with Crippen LogP contribution in [0.2, 0.25) is 0 Å². The van der Waals surface area contributed by atoms with Crippen molar-refractivity contribution >= 4 is 27.1 Å². The molecule has 1 aromatic carbocycles. The first-order chi connectivity index (χ1) is 9.38. The summed E-state index contributed by atoms with van der Waals surface area (Å²) >= 11 is 0. The number of para-hydroxylation sites is 1. The summed E-state index contributed by atoms with van der Waals surface area (Å²) in [5.41, 5.74) is 1.26. The molecule has 0 bridgehead atoms. The van der Waals surface area contributed by atoms with E-state index in [4.69, 9.17) is 0 Å². The van der Waals surface area contributed by atoms with Gasteiger partial charge in [-0.05, 0) is 30.9 Å². The Labute approximate surface area is 118 Å². The van der Waals surface area contributed by atoms with Crippen LogP contribution in [0.5, 0.6) is 0 Å². The minimum absolute atomic E-state index is 0.0971. The molecular weight excluding hydrogens is 276 g/mol. The molecule has 0 aliphatic carbocycles. The summed E-state index contributed by atoms with van der Waals surface area (Å²) < 4.78 is 23.7. The summed E-state index contributed by atoms with van der Waals surface area (Å²) in [4.78, 5) is 14.5. The number of fused-ring (bicyclic) bond motifs is 3. The van der Waals surface area contributed by atoms with Crippen molar-refractivity contribution < 1.29 is 13.2 Å². The summed E-state index contributed by atoms with van der Waals surface area (Å²) in [5, 5.41) is 2.80. The molecule has 0 spiro atoms. The van der Waals surface area contributed by atoms with Gasteiger partial charge in [-0.25, -0.2) is 8.42 Å². The molecule has 1 saturated heterocycles. The van der Waals surface area contributed by atoms with Gasteiger partial charge in [-0.3, -0.25) is 4.79 Å². The number of benzene rings is 1. The molecule has 2 atom stereocenters. The number of sulfone groups is 1. The largest absolute Gasteiger partial charge is 0.358 e. The molecule has 20 heavy (non-hydrogen) atoms. The molecule has 0 saturated carbocycles. The average Bonchev–Trinajstić information content (AvgIpc) is 2.37. The fourth-order valence-electron chi connectivity index (χ4n) is 3.08. The van der Waals surface area contributed by atoms with Gasteiger partial charge in [0.25, 0.3) is 0 Å². The number of carbonyl (C=O) groups excluding carboxylic acids is 1. The van der Waals surface area contributed by atoms with E-state index in [-0.39, 0.29) is 16.8 Å². The molecule has 0 aromatic heterocycles. The maximum absolute atomic E-state index is 12.3. The fraction of sp³-hybridized carbons (Fsp3) is 0.500. The van der Waals surface area contributed by atoms with Gasteiger partial charge in [0.2, 0.25) is 5.91 Å².